The number of imidazole rings is 1. The van der Waals surface area contributed by atoms with E-state index in [-0.39, 0.29) is 5.78 Å². The van der Waals surface area contributed by atoms with Crippen LogP contribution in [-0.2, 0) is 0 Å². The molecule has 2 rings (SSSR count). The zero-order chi connectivity index (χ0) is 9.97. The van der Waals surface area contributed by atoms with Crippen molar-refractivity contribution in [1.82, 2.24) is 9.38 Å². The highest BCUT2D eigenvalue weighted by atomic mass is 16.1. The van der Waals surface area contributed by atoms with Gasteiger partial charge in [0.25, 0.3) is 0 Å². The van der Waals surface area contributed by atoms with Crippen molar-refractivity contribution in [2.75, 3.05) is 0 Å². The molecule has 0 fully saturated rings. The molecule has 0 bridgehead atoms. The third kappa shape index (κ3) is 1.38. The van der Waals surface area contributed by atoms with E-state index in [1.54, 1.807) is 31.5 Å². The molecule has 0 atom stereocenters. The Morgan fingerprint density at radius 2 is 2.36 bits per heavy atom. The van der Waals surface area contributed by atoms with Crippen molar-refractivity contribution in [3.8, 4) is 11.8 Å². The summed E-state index contributed by atoms with van der Waals surface area (Å²) in [5.41, 5.74) is 1.34. The summed E-state index contributed by atoms with van der Waals surface area (Å²) in [5.74, 6) is 4.91. The predicted molar refractivity (Wildman–Crippen MR) is 53.0 cm³/mol. The normalized spacial score (nSPS) is 9.50. The zero-order valence-electron chi connectivity index (χ0n) is 7.69. The van der Waals surface area contributed by atoms with Gasteiger partial charge in [-0.2, -0.15) is 0 Å². The quantitative estimate of drug-likeness (QED) is 0.383. The van der Waals surface area contributed by atoms with Crippen molar-refractivity contribution >= 4 is 11.4 Å². The second kappa shape index (κ2) is 3.35. The second-order valence-electron chi connectivity index (χ2n) is 2.81. The van der Waals surface area contributed by atoms with E-state index in [0.717, 1.165) is 5.65 Å². The molecule has 3 heteroatoms. The Kier molecular flexibility index (Phi) is 2.04. The van der Waals surface area contributed by atoms with Gasteiger partial charge in [-0.15, -0.1) is 0 Å². The number of Topliss-reactive ketones (excluding diaryl/α,β-unsaturated/α-hetero) is 1. The van der Waals surface area contributed by atoms with Gasteiger partial charge < -0.3 is 4.40 Å². The number of pyridine rings is 1. The van der Waals surface area contributed by atoms with Crippen LogP contribution in [0, 0.1) is 11.8 Å². The van der Waals surface area contributed by atoms with Crippen LogP contribution < -0.4 is 0 Å². The summed E-state index contributed by atoms with van der Waals surface area (Å²) in [6.45, 7) is 1.64. The van der Waals surface area contributed by atoms with E-state index in [9.17, 15) is 4.79 Å². The van der Waals surface area contributed by atoms with E-state index in [1.165, 1.54) is 0 Å². The number of nitrogens with zero attached hydrogens (tertiary/aromatic N) is 2. The standard InChI is InChI=1S/C11H8N2O/c1-2-3-10(14)9-4-6-13-7-5-12-11(13)8-9/h4-8H,1H3. The number of aromatic nitrogens is 2. The molecule has 14 heavy (non-hydrogen) atoms. The largest absolute Gasteiger partial charge is 0.307 e. The lowest BCUT2D eigenvalue weighted by molar-refractivity contribution is 0.105. The van der Waals surface area contributed by atoms with Crippen LogP contribution in [0.25, 0.3) is 5.65 Å². The van der Waals surface area contributed by atoms with Crippen LogP contribution >= 0.6 is 0 Å². The second-order valence-corrected chi connectivity index (χ2v) is 2.81. The van der Waals surface area contributed by atoms with Crippen LogP contribution in [0.5, 0.6) is 0 Å². The van der Waals surface area contributed by atoms with Gasteiger partial charge >= 0.3 is 0 Å². The van der Waals surface area contributed by atoms with Gasteiger partial charge in [0.05, 0.1) is 0 Å². The van der Waals surface area contributed by atoms with E-state index in [4.69, 9.17) is 0 Å². The number of ketones is 1. The van der Waals surface area contributed by atoms with Crippen LogP contribution in [-0.4, -0.2) is 15.2 Å². The smallest absolute Gasteiger partial charge is 0.236 e. The Hall–Kier alpha value is -2.08. The lowest BCUT2D eigenvalue weighted by Crippen LogP contribution is -1.96. The fourth-order valence-electron chi connectivity index (χ4n) is 1.24. The Morgan fingerprint density at radius 3 is 3.14 bits per heavy atom. The summed E-state index contributed by atoms with van der Waals surface area (Å²) in [6, 6.07) is 3.47. The van der Waals surface area contributed by atoms with Gasteiger partial charge in [0, 0.05) is 24.2 Å². The van der Waals surface area contributed by atoms with Gasteiger partial charge in [0.1, 0.15) is 5.65 Å². The Balaban J connectivity index is 2.52. The molecule has 0 aliphatic heterocycles. The number of carbonyl (C=O) groups is 1. The molecule has 68 valence electrons. The highest BCUT2D eigenvalue weighted by molar-refractivity contribution is 6.09. The molecule has 0 aromatic carbocycles. The minimum Gasteiger partial charge on any atom is -0.307 e. The number of carbonyl (C=O) groups excluding carboxylic acids is 1. The molecular weight excluding hydrogens is 176 g/mol. The highest BCUT2D eigenvalue weighted by Gasteiger charge is 2.03. The lowest BCUT2D eigenvalue weighted by Gasteiger charge is -1.95. The van der Waals surface area contributed by atoms with Crippen LogP contribution in [0.4, 0.5) is 0 Å². The minimum absolute atomic E-state index is 0.169. The van der Waals surface area contributed by atoms with Gasteiger partial charge in [0.15, 0.2) is 0 Å². The van der Waals surface area contributed by atoms with Crippen LogP contribution in [0.15, 0.2) is 30.7 Å². The molecule has 2 aromatic heterocycles. The molecule has 0 spiro atoms. The van der Waals surface area contributed by atoms with Gasteiger partial charge in [-0.05, 0) is 25.0 Å². The maximum Gasteiger partial charge on any atom is 0.236 e. The molecular formula is C11H8N2O. The molecule has 0 aliphatic rings. The first-order valence-electron chi connectivity index (χ1n) is 4.21. The maximum absolute atomic E-state index is 11.4. The summed E-state index contributed by atoms with van der Waals surface area (Å²) in [7, 11) is 0. The first-order chi connectivity index (χ1) is 6.81. The van der Waals surface area contributed by atoms with Gasteiger partial charge in [-0.25, -0.2) is 4.98 Å². The van der Waals surface area contributed by atoms with Gasteiger partial charge in [0.2, 0.25) is 5.78 Å². The lowest BCUT2D eigenvalue weighted by atomic mass is 10.2. The molecule has 0 amide bonds. The molecule has 0 aliphatic carbocycles. The van der Waals surface area contributed by atoms with Crippen molar-refractivity contribution in [3.05, 3.63) is 36.3 Å². The third-order valence-electron chi connectivity index (χ3n) is 1.90. The summed E-state index contributed by atoms with van der Waals surface area (Å²) in [5, 5.41) is 0. The fraction of sp³-hybridized carbons (Fsp3) is 0.0909. The number of rotatable bonds is 1. The van der Waals surface area contributed by atoms with Crippen molar-refractivity contribution < 1.29 is 4.79 Å². The average molecular weight is 184 g/mol. The van der Waals surface area contributed by atoms with Crippen LogP contribution in [0.3, 0.4) is 0 Å². The molecule has 2 heterocycles. The van der Waals surface area contributed by atoms with E-state index in [0.29, 0.717) is 5.56 Å². The summed E-state index contributed by atoms with van der Waals surface area (Å²) < 4.78 is 1.84. The Morgan fingerprint density at radius 1 is 1.50 bits per heavy atom. The van der Waals surface area contributed by atoms with Crippen LogP contribution in [0.2, 0.25) is 0 Å². The number of fused-ring (bicyclic) bond motifs is 1. The zero-order valence-corrected chi connectivity index (χ0v) is 7.69. The van der Waals surface area contributed by atoms with E-state index < -0.39 is 0 Å². The van der Waals surface area contributed by atoms with Crippen LogP contribution in [0.1, 0.15) is 17.3 Å². The molecule has 0 saturated heterocycles. The van der Waals surface area contributed by atoms with Crippen molar-refractivity contribution in [2.24, 2.45) is 0 Å². The topological polar surface area (TPSA) is 34.4 Å². The fourth-order valence-corrected chi connectivity index (χ4v) is 1.24. The van der Waals surface area contributed by atoms with E-state index >= 15 is 0 Å². The van der Waals surface area contributed by atoms with Gasteiger partial charge in [-0.3, -0.25) is 4.79 Å². The maximum atomic E-state index is 11.4. The molecule has 2 aromatic rings. The monoisotopic (exact) mass is 184 g/mol. The average Bonchev–Trinajstić information content (AvgIpc) is 2.64. The van der Waals surface area contributed by atoms with Crippen molar-refractivity contribution in [1.29, 1.82) is 0 Å². The first-order valence-corrected chi connectivity index (χ1v) is 4.21. The summed E-state index contributed by atoms with van der Waals surface area (Å²) in [6.07, 6.45) is 5.32. The summed E-state index contributed by atoms with van der Waals surface area (Å²) >= 11 is 0. The molecule has 3 nitrogen and oxygen atoms in total. The van der Waals surface area contributed by atoms with Crippen molar-refractivity contribution in [2.45, 2.75) is 6.92 Å². The van der Waals surface area contributed by atoms with E-state index in [2.05, 4.69) is 16.8 Å². The molecule has 0 saturated carbocycles. The number of hydrogen-bond acceptors (Lipinski definition) is 2. The Labute approximate surface area is 81.4 Å². The van der Waals surface area contributed by atoms with Crippen molar-refractivity contribution in [3.63, 3.8) is 0 Å². The minimum atomic E-state index is -0.169. The molecule has 0 unspecified atom stereocenters. The summed E-state index contributed by atoms with van der Waals surface area (Å²) in [4.78, 5) is 15.5. The third-order valence-corrected chi connectivity index (χ3v) is 1.90. The number of hydrogen-bond donors (Lipinski definition) is 0. The Bertz CT molecular complexity index is 543. The molecule has 0 N–H and O–H groups in total. The highest BCUT2D eigenvalue weighted by Crippen LogP contribution is 2.05. The predicted octanol–water partition coefficient (Wildman–Crippen LogP) is 1.54. The SMILES string of the molecule is CC#CC(=O)c1ccn2ccnc2c1. The van der Waals surface area contributed by atoms with E-state index in [1.807, 2.05) is 10.6 Å². The van der Waals surface area contributed by atoms with Gasteiger partial charge in [-0.1, -0.05) is 5.92 Å². The molecule has 0 radical (unpaired) electrons. The first kappa shape index (κ1) is 8.52.